The maximum Gasteiger partial charge on any atom is 0.0950 e. The summed E-state index contributed by atoms with van der Waals surface area (Å²) < 4.78 is 0. The summed E-state index contributed by atoms with van der Waals surface area (Å²) in [6, 6.07) is 7.92. The predicted octanol–water partition coefficient (Wildman–Crippen LogP) is 2.74. The van der Waals surface area contributed by atoms with Gasteiger partial charge < -0.3 is 10.4 Å². The molecule has 0 atom stereocenters. The molecule has 3 rings (SSSR count). The fraction of sp³-hybridized carbons (Fsp3) is 0.467. The Hall–Kier alpha value is -1.68. The van der Waals surface area contributed by atoms with E-state index in [1.165, 1.54) is 6.42 Å². The van der Waals surface area contributed by atoms with E-state index in [2.05, 4.69) is 15.5 Å². The van der Waals surface area contributed by atoms with Crippen molar-refractivity contribution in [3.05, 3.63) is 30.5 Å². The molecular weight excluding hydrogens is 238 g/mol. The first kappa shape index (κ1) is 12.4. The number of benzene rings is 1. The van der Waals surface area contributed by atoms with Crippen molar-refractivity contribution < 1.29 is 5.11 Å². The first-order chi connectivity index (χ1) is 9.27. The molecule has 1 aliphatic rings. The summed E-state index contributed by atoms with van der Waals surface area (Å²) in [5.41, 5.74) is 1.26. The van der Waals surface area contributed by atoms with Crippen molar-refractivity contribution in [2.24, 2.45) is 0 Å². The molecule has 0 bridgehead atoms. The van der Waals surface area contributed by atoms with Crippen LogP contribution in [0, 0.1) is 0 Å². The van der Waals surface area contributed by atoms with Gasteiger partial charge in [-0.25, -0.2) is 0 Å². The van der Waals surface area contributed by atoms with E-state index in [0.717, 1.165) is 42.3 Å². The molecule has 1 aromatic heterocycles. The van der Waals surface area contributed by atoms with E-state index in [9.17, 15) is 5.11 Å². The van der Waals surface area contributed by atoms with E-state index < -0.39 is 5.60 Å². The van der Waals surface area contributed by atoms with Gasteiger partial charge in [-0.3, -0.25) is 0 Å². The fourth-order valence-corrected chi connectivity index (χ4v) is 2.79. The van der Waals surface area contributed by atoms with Gasteiger partial charge >= 0.3 is 0 Å². The summed E-state index contributed by atoms with van der Waals surface area (Å²) in [4.78, 5) is 0. The van der Waals surface area contributed by atoms with Crippen molar-refractivity contribution >= 4 is 16.6 Å². The summed E-state index contributed by atoms with van der Waals surface area (Å²) in [5.74, 6) is 0. The van der Waals surface area contributed by atoms with Crippen LogP contribution in [0.1, 0.15) is 32.1 Å². The lowest BCUT2D eigenvalue weighted by atomic mass is 9.85. The van der Waals surface area contributed by atoms with Gasteiger partial charge in [0.25, 0.3) is 0 Å². The highest BCUT2D eigenvalue weighted by molar-refractivity contribution is 5.90. The van der Waals surface area contributed by atoms with Crippen molar-refractivity contribution in [1.82, 2.24) is 10.2 Å². The molecule has 4 heteroatoms. The molecule has 2 aromatic rings. The third kappa shape index (κ3) is 2.68. The van der Waals surface area contributed by atoms with Crippen molar-refractivity contribution in [3.63, 3.8) is 0 Å². The van der Waals surface area contributed by atoms with E-state index in [-0.39, 0.29) is 0 Å². The lowest BCUT2D eigenvalue weighted by Gasteiger charge is -2.32. The zero-order valence-electron chi connectivity index (χ0n) is 11.0. The Morgan fingerprint density at radius 2 is 1.95 bits per heavy atom. The minimum atomic E-state index is -0.567. The van der Waals surface area contributed by atoms with Crippen LogP contribution in [0.2, 0.25) is 0 Å². The Balaban J connectivity index is 1.78. The molecule has 0 radical (unpaired) electrons. The Kier molecular flexibility index (Phi) is 3.34. The second-order valence-corrected chi connectivity index (χ2v) is 5.41. The number of nitrogens with zero attached hydrogens (tertiary/aromatic N) is 2. The third-order valence-corrected chi connectivity index (χ3v) is 3.94. The lowest BCUT2D eigenvalue weighted by Crippen LogP contribution is -2.38. The Labute approximate surface area is 112 Å². The molecule has 2 N–H and O–H groups in total. The van der Waals surface area contributed by atoms with Crippen molar-refractivity contribution in [3.8, 4) is 0 Å². The van der Waals surface area contributed by atoms with Crippen LogP contribution in [0.15, 0.2) is 30.5 Å². The third-order valence-electron chi connectivity index (χ3n) is 3.94. The molecule has 0 unspecified atom stereocenters. The van der Waals surface area contributed by atoms with Crippen LogP contribution < -0.4 is 5.32 Å². The van der Waals surface area contributed by atoms with Gasteiger partial charge in [-0.15, -0.1) is 0 Å². The van der Waals surface area contributed by atoms with E-state index in [0.29, 0.717) is 6.54 Å². The molecule has 1 aliphatic carbocycles. The van der Waals surface area contributed by atoms with Gasteiger partial charge in [0.2, 0.25) is 0 Å². The summed E-state index contributed by atoms with van der Waals surface area (Å²) in [6.07, 6.45) is 6.98. The Bertz CT molecular complexity index is 559. The monoisotopic (exact) mass is 257 g/mol. The summed E-state index contributed by atoms with van der Waals surface area (Å²) in [6.45, 7) is 0.586. The average molecular weight is 257 g/mol. The smallest absolute Gasteiger partial charge is 0.0950 e. The van der Waals surface area contributed by atoms with E-state index in [1.807, 2.05) is 24.3 Å². The van der Waals surface area contributed by atoms with Gasteiger partial charge in [0.15, 0.2) is 0 Å². The summed E-state index contributed by atoms with van der Waals surface area (Å²) in [5, 5.41) is 23.0. The highest BCUT2D eigenvalue weighted by Gasteiger charge is 2.28. The maximum atomic E-state index is 10.5. The zero-order valence-corrected chi connectivity index (χ0v) is 11.0. The summed E-state index contributed by atoms with van der Waals surface area (Å²) >= 11 is 0. The second-order valence-electron chi connectivity index (χ2n) is 5.41. The first-order valence-corrected chi connectivity index (χ1v) is 6.94. The highest BCUT2D eigenvalue weighted by atomic mass is 16.3. The molecule has 0 spiro atoms. The highest BCUT2D eigenvalue weighted by Crippen LogP contribution is 2.29. The molecule has 100 valence electrons. The van der Waals surface area contributed by atoms with Crippen LogP contribution in [-0.2, 0) is 0 Å². The van der Waals surface area contributed by atoms with Crippen LogP contribution in [0.4, 0.5) is 5.69 Å². The molecule has 1 saturated carbocycles. The standard InChI is InChI=1S/C15H19N3O/c19-15(8-4-1-5-9-15)11-16-14-10-17-18-13-7-3-2-6-12(13)14/h2-3,6-7,10,19H,1,4-5,8-9,11H2,(H,16,18). The molecule has 1 heterocycles. The Morgan fingerprint density at radius 1 is 1.16 bits per heavy atom. The van der Waals surface area contributed by atoms with Gasteiger partial charge in [0.05, 0.1) is 23.0 Å². The number of nitrogens with one attached hydrogen (secondary N) is 1. The number of hydrogen-bond acceptors (Lipinski definition) is 4. The minimum Gasteiger partial charge on any atom is -0.388 e. The first-order valence-electron chi connectivity index (χ1n) is 6.94. The molecule has 1 fully saturated rings. The molecular formula is C15H19N3O. The van der Waals surface area contributed by atoms with Crippen molar-refractivity contribution in [2.45, 2.75) is 37.7 Å². The van der Waals surface area contributed by atoms with Crippen molar-refractivity contribution in [1.29, 1.82) is 0 Å². The quantitative estimate of drug-likeness (QED) is 0.887. The molecule has 19 heavy (non-hydrogen) atoms. The molecule has 4 nitrogen and oxygen atoms in total. The molecule has 0 aliphatic heterocycles. The topological polar surface area (TPSA) is 58.0 Å². The van der Waals surface area contributed by atoms with Gasteiger partial charge in [-0.05, 0) is 18.9 Å². The molecule has 0 amide bonds. The second kappa shape index (κ2) is 5.13. The van der Waals surface area contributed by atoms with Crippen LogP contribution in [0.25, 0.3) is 10.9 Å². The number of rotatable bonds is 3. The van der Waals surface area contributed by atoms with Gasteiger partial charge in [0, 0.05) is 11.9 Å². The van der Waals surface area contributed by atoms with Crippen molar-refractivity contribution in [2.75, 3.05) is 11.9 Å². The fourth-order valence-electron chi connectivity index (χ4n) is 2.79. The largest absolute Gasteiger partial charge is 0.388 e. The van der Waals surface area contributed by atoms with E-state index >= 15 is 0 Å². The van der Waals surface area contributed by atoms with E-state index in [1.54, 1.807) is 6.20 Å². The average Bonchev–Trinajstić information content (AvgIpc) is 2.46. The zero-order chi connectivity index (χ0) is 13.1. The number of aliphatic hydroxyl groups is 1. The van der Waals surface area contributed by atoms with Crippen LogP contribution >= 0.6 is 0 Å². The number of aromatic nitrogens is 2. The summed E-state index contributed by atoms with van der Waals surface area (Å²) in [7, 11) is 0. The lowest BCUT2D eigenvalue weighted by molar-refractivity contribution is 0.0167. The number of anilines is 1. The maximum absolute atomic E-state index is 10.5. The van der Waals surface area contributed by atoms with Gasteiger partial charge in [0.1, 0.15) is 0 Å². The molecule has 0 saturated heterocycles. The number of hydrogen-bond donors (Lipinski definition) is 2. The van der Waals surface area contributed by atoms with Gasteiger partial charge in [-0.2, -0.15) is 10.2 Å². The number of fused-ring (bicyclic) bond motifs is 1. The van der Waals surface area contributed by atoms with Crippen LogP contribution in [-0.4, -0.2) is 27.4 Å². The van der Waals surface area contributed by atoms with Crippen LogP contribution in [0.3, 0.4) is 0 Å². The van der Waals surface area contributed by atoms with Crippen LogP contribution in [0.5, 0.6) is 0 Å². The SMILES string of the molecule is OC1(CNc2cnnc3ccccc23)CCCCC1. The van der Waals surface area contributed by atoms with Gasteiger partial charge in [-0.1, -0.05) is 37.5 Å². The molecule has 1 aromatic carbocycles. The normalized spacial score (nSPS) is 18.4. The minimum absolute atomic E-state index is 0.567. The predicted molar refractivity (Wildman–Crippen MR) is 76.1 cm³/mol. The van der Waals surface area contributed by atoms with E-state index in [4.69, 9.17) is 0 Å². The Morgan fingerprint density at radius 3 is 2.79 bits per heavy atom.